The van der Waals surface area contributed by atoms with Gasteiger partial charge in [0.2, 0.25) is 0 Å². The first-order chi connectivity index (χ1) is 6.76. The molecule has 0 aromatic carbocycles. The summed E-state index contributed by atoms with van der Waals surface area (Å²) in [6.07, 6.45) is 5.21. The van der Waals surface area contributed by atoms with E-state index in [-0.39, 0.29) is 0 Å². The van der Waals surface area contributed by atoms with Gasteiger partial charge in [-0.2, -0.15) is 0 Å². The molecule has 82 valence electrons. The van der Waals surface area contributed by atoms with Crippen LogP contribution in [0.1, 0.15) is 20.3 Å². The highest BCUT2D eigenvalue weighted by atomic mass is 79.9. The van der Waals surface area contributed by atoms with Gasteiger partial charge >= 0.3 is 0 Å². The third-order valence-electron chi connectivity index (χ3n) is 1.70. The van der Waals surface area contributed by atoms with Crippen molar-refractivity contribution in [3.05, 3.63) is 22.2 Å². The van der Waals surface area contributed by atoms with E-state index in [9.17, 15) is 0 Å². The van der Waals surface area contributed by atoms with Gasteiger partial charge in [0, 0.05) is 11.6 Å². The molecule has 0 saturated carbocycles. The number of halogens is 1. The predicted octanol–water partition coefficient (Wildman–Crippen LogP) is 3.28. The van der Waals surface area contributed by atoms with Crippen molar-refractivity contribution in [2.45, 2.75) is 20.3 Å². The van der Waals surface area contributed by atoms with Crippen LogP contribution in [0, 0.1) is 0 Å². The Balaban J connectivity index is 3.93. The summed E-state index contributed by atoms with van der Waals surface area (Å²) in [4.78, 5) is 0. The second kappa shape index (κ2) is 9.44. The van der Waals surface area contributed by atoms with Crippen LogP contribution >= 0.6 is 15.9 Å². The summed E-state index contributed by atoms with van der Waals surface area (Å²) in [6, 6.07) is 0. The molecular weight excluding hydrogens is 244 g/mol. The third kappa shape index (κ3) is 6.35. The van der Waals surface area contributed by atoms with E-state index in [1.165, 1.54) is 5.57 Å². The Bertz CT molecular complexity index is 197. The van der Waals surface area contributed by atoms with Gasteiger partial charge in [-0.05, 0) is 18.9 Å². The zero-order valence-corrected chi connectivity index (χ0v) is 10.8. The first kappa shape index (κ1) is 13.9. The molecule has 0 bridgehead atoms. The van der Waals surface area contributed by atoms with Crippen LogP contribution < -0.4 is 0 Å². The topological polar surface area (TPSA) is 18.5 Å². The molecule has 0 aromatic rings. The molecule has 0 aliphatic heterocycles. The number of hydrogen-bond acceptors (Lipinski definition) is 2. The van der Waals surface area contributed by atoms with E-state index in [1.807, 2.05) is 13.0 Å². The Hall–Kier alpha value is -0.120. The van der Waals surface area contributed by atoms with Crippen molar-refractivity contribution >= 4 is 15.9 Å². The molecule has 0 spiro atoms. The van der Waals surface area contributed by atoms with Crippen molar-refractivity contribution in [2.75, 3.05) is 26.9 Å². The van der Waals surface area contributed by atoms with Crippen molar-refractivity contribution in [1.82, 2.24) is 0 Å². The lowest BCUT2D eigenvalue weighted by molar-refractivity contribution is 0.0830. The van der Waals surface area contributed by atoms with Crippen LogP contribution in [0.4, 0.5) is 0 Å². The molecule has 0 aromatic heterocycles. The van der Waals surface area contributed by atoms with Crippen LogP contribution in [0.15, 0.2) is 22.2 Å². The highest BCUT2D eigenvalue weighted by Gasteiger charge is 2.00. The lowest BCUT2D eigenvalue weighted by atomic mass is 10.2. The van der Waals surface area contributed by atoms with Crippen molar-refractivity contribution in [2.24, 2.45) is 0 Å². The number of allylic oxidation sites excluding steroid dienone is 2. The SMILES string of the molecule is C/C=C(Br)\C(=C/CC)COCCOC. The summed E-state index contributed by atoms with van der Waals surface area (Å²) in [6.45, 7) is 6.05. The molecule has 3 heteroatoms. The second-order valence-corrected chi connectivity index (χ2v) is 3.67. The van der Waals surface area contributed by atoms with E-state index < -0.39 is 0 Å². The second-order valence-electron chi connectivity index (χ2n) is 2.82. The zero-order chi connectivity index (χ0) is 10.8. The van der Waals surface area contributed by atoms with Crippen LogP contribution in [-0.4, -0.2) is 26.9 Å². The van der Waals surface area contributed by atoms with E-state index in [1.54, 1.807) is 7.11 Å². The minimum absolute atomic E-state index is 0.640. The van der Waals surface area contributed by atoms with Gasteiger partial charge in [0.1, 0.15) is 0 Å². The molecule has 0 saturated heterocycles. The van der Waals surface area contributed by atoms with E-state index in [4.69, 9.17) is 9.47 Å². The summed E-state index contributed by atoms with van der Waals surface area (Å²) in [5, 5.41) is 0. The highest BCUT2D eigenvalue weighted by Crippen LogP contribution is 2.17. The van der Waals surface area contributed by atoms with Crippen LogP contribution in [0.2, 0.25) is 0 Å². The minimum atomic E-state index is 0.640. The largest absolute Gasteiger partial charge is 0.382 e. The van der Waals surface area contributed by atoms with E-state index in [0.717, 1.165) is 10.9 Å². The highest BCUT2D eigenvalue weighted by molar-refractivity contribution is 9.12. The van der Waals surface area contributed by atoms with Gasteiger partial charge in [0.05, 0.1) is 19.8 Å². The Morgan fingerprint density at radius 3 is 2.57 bits per heavy atom. The smallest absolute Gasteiger partial charge is 0.0725 e. The van der Waals surface area contributed by atoms with E-state index in [0.29, 0.717) is 19.8 Å². The lowest BCUT2D eigenvalue weighted by Crippen LogP contribution is -2.05. The average Bonchev–Trinajstić information content (AvgIpc) is 2.21. The fraction of sp³-hybridized carbons (Fsp3) is 0.636. The van der Waals surface area contributed by atoms with Gasteiger partial charge in [-0.3, -0.25) is 0 Å². The van der Waals surface area contributed by atoms with Crippen molar-refractivity contribution in [1.29, 1.82) is 0 Å². The zero-order valence-electron chi connectivity index (χ0n) is 9.18. The van der Waals surface area contributed by atoms with Gasteiger partial charge in [0.15, 0.2) is 0 Å². The Labute approximate surface area is 95.1 Å². The molecule has 0 aliphatic rings. The molecule has 0 fully saturated rings. The fourth-order valence-corrected chi connectivity index (χ4v) is 1.26. The summed E-state index contributed by atoms with van der Waals surface area (Å²) in [5.41, 5.74) is 1.20. The molecule has 0 aliphatic carbocycles. The normalized spacial score (nSPS) is 13.4. The van der Waals surface area contributed by atoms with E-state index in [2.05, 4.69) is 28.9 Å². The van der Waals surface area contributed by atoms with Gasteiger partial charge in [-0.1, -0.05) is 35.0 Å². The van der Waals surface area contributed by atoms with Crippen molar-refractivity contribution in [3.8, 4) is 0 Å². The van der Waals surface area contributed by atoms with Gasteiger partial charge < -0.3 is 9.47 Å². The first-order valence-corrected chi connectivity index (χ1v) is 5.63. The molecule has 0 heterocycles. The Morgan fingerprint density at radius 1 is 1.36 bits per heavy atom. The summed E-state index contributed by atoms with van der Waals surface area (Å²) >= 11 is 3.50. The quantitative estimate of drug-likeness (QED) is 0.518. The summed E-state index contributed by atoms with van der Waals surface area (Å²) in [7, 11) is 1.67. The number of ether oxygens (including phenoxy) is 2. The van der Waals surface area contributed by atoms with Crippen LogP contribution in [0.3, 0.4) is 0 Å². The van der Waals surface area contributed by atoms with Crippen LogP contribution in [0.25, 0.3) is 0 Å². The molecule has 0 N–H and O–H groups in total. The van der Waals surface area contributed by atoms with Crippen molar-refractivity contribution in [3.63, 3.8) is 0 Å². The standard InChI is InChI=1S/C11H19BrO2/c1-4-6-10(11(12)5-2)9-14-8-7-13-3/h5-6H,4,7-9H2,1-3H3/b10-6-,11-5+. The Kier molecular flexibility index (Phi) is 9.35. The molecule has 2 nitrogen and oxygen atoms in total. The van der Waals surface area contributed by atoms with Crippen LogP contribution in [-0.2, 0) is 9.47 Å². The molecule has 0 unspecified atom stereocenters. The van der Waals surface area contributed by atoms with Crippen LogP contribution in [0.5, 0.6) is 0 Å². The Morgan fingerprint density at radius 2 is 2.07 bits per heavy atom. The fourth-order valence-electron chi connectivity index (χ4n) is 0.982. The van der Waals surface area contributed by atoms with Gasteiger partial charge in [0.25, 0.3) is 0 Å². The van der Waals surface area contributed by atoms with Gasteiger partial charge in [-0.25, -0.2) is 0 Å². The van der Waals surface area contributed by atoms with E-state index >= 15 is 0 Å². The monoisotopic (exact) mass is 262 g/mol. The number of hydrogen-bond donors (Lipinski definition) is 0. The lowest BCUT2D eigenvalue weighted by Gasteiger charge is -2.07. The predicted molar refractivity (Wildman–Crippen MR) is 63.8 cm³/mol. The molecule has 0 atom stereocenters. The summed E-state index contributed by atoms with van der Waals surface area (Å²) < 4.78 is 11.5. The number of methoxy groups -OCH3 is 1. The first-order valence-electron chi connectivity index (χ1n) is 4.84. The third-order valence-corrected chi connectivity index (χ3v) is 2.67. The minimum Gasteiger partial charge on any atom is -0.382 e. The molecular formula is C11H19BrO2. The molecule has 0 rings (SSSR count). The molecule has 0 radical (unpaired) electrons. The summed E-state index contributed by atoms with van der Waals surface area (Å²) in [5.74, 6) is 0. The number of rotatable bonds is 7. The van der Waals surface area contributed by atoms with Crippen molar-refractivity contribution < 1.29 is 9.47 Å². The van der Waals surface area contributed by atoms with Gasteiger partial charge in [-0.15, -0.1) is 0 Å². The maximum atomic E-state index is 5.45. The molecule has 0 amide bonds. The molecule has 14 heavy (non-hydrogen) atoms. The average molecular weight is 263 g/mol. The maximum Gasteiger partial charge on any atom is 0.0725 e. The maximum absolute atomic E-state index is 5.45.